The lowest BCUT2D eigenvalue weighted by molar-refractivity contribution is 0.291. The summed E-state index contributed by atoms with van der Waals surface area (Å²) in [7, 11) is -1.80. The van der Waals surface area contributed by atoms with E-state index in [0.29, 0.717) is 35.6 Å². The van der Waals surface area contributed by atoms with Gasteiger partial charge in [0.15, 0.2) is 5.82 Å². The average molecular weight is 490 g/mol. The summed E-state index contributed by atoms with van der Waals surface area (Å²) in [4.78, 5) is 13.1. The van der Waals surface area contributed by atoms with Crippen molar-refractivity contribution in [2.45, 2.75) is 29.5 Å². The maximum absolute atomic E-state index is 15.0. The molecule has 5 N–H and O–H groups in total. The molecule has 8 nitrogen and oxygen atoms in total. The molecule has 1 atom stereocenters. The molecule has 1 spiro atoms. The van der Waals surface area contributed by atoms with Gasteiger partial charge in [-0.25, -0.2) is 18.7 Å². The quantitative estimate of drug-likeness (QED) is 0.408. The Balaban J connectivity index is 1.56. The number of halogens is 2. The molecule has 34 heavy (non-hydrogen) atoms. The highest BCUT2D eigenvalue weighted by molar-refractivity contribution is 8.26. The van der Waals surface area contributed by atoms with Gasteiger partial charge in [0.25, 0.3) is 0 Å². The normalized spacial score (nSPS) is 23.7. The molecule has 2 aromatic heterocycles. The summed E-state index contributed by atoms with van der Waals surface area (Å²) in [6, 6.07) is 7.66. The first-order chi connectivity index (χ1) is 16.2. The first kappa shape index (κ1) is 22.8. The van der Waals surface area contributed by atoms with Crippen molar-refractivity contribution >= 4 is 38.8 Å². The number of nitrogens with one attached hydrogen (secondary N) is 1. The second-order valence-corrected chi connectivity index (χ2v) is 11.2. The van der Waals surface area contributed by atoms with E-state index >= 15 is 4.39 Å². The van der Waals surface area contributed by atoms with Crippen LogP contribution >= 0.6 is 10.6 Å². The summed E-state index contributed by atoms with van der Waals surface area (Å²) in [6.07, 6.45) is 4.88. The molecule has 0 amide bonds. The summed E-state index contributed by atoms with van der Waals surface area (Å²) >= 11 is 0. The smallest absolute Gasteiger partial charge is 0.156 e. The van der Waals surface area contributed by atoms with Gasteiger partial charge in [-0.15, -0.1) is 0 Å². The van der Waals surface area contributed by atoms with Crippen LogP contribution in [0.1, 0.15) is 24.8 Å². The highest BCUT2D eigenvalue weighted by atomic mass is 32.3. The van der Waals surface area contributed by atoms with Crippen LogP contribution in [-0.4, -0.2) is 49.2 Å². The number of rotatable bonds is 5. The third-order valence-electron chi connectivity index (χ3n) is 6.79. The first-order valence-electron chi connectivity index (χ1n) is 10.8. The Hall–Kier alpha value is -3.02. The molecule has 0 saturated heterocycles. The van der Waals surface area contributed by atoms with Gasteiger partial charge in [0.2, 0.25) is 0 Å². The van der Waals surface area contributed by atoms with Gasteiger partial charge in [0.1, 0.15) is 39.9 Å². The number of fused-ring (bicyclic) bond motifs is 1. The second kappa shape index (κ2) is 8.03. The molecule has 1 aliphatic carbocycles. The predicted octanol–water partition coefficient (Wildman–Crippen LogP) is 4.73. The number of alkyl halides is 1. The third-order valence-corrected chi connectivity index (χ3v) is 9.54. The van der Waals surface area contributed by atoms with Crippen molar-refractivity contribution in [2.24, 2.45) is 10.7 Å². The first-order valence-corrected chi connectivity index (χ1v) is 12.5. The number of pyridine rings is 2. The molecule has 0 bridgehead atoms. The number of amidine groups is 1. The molecule has 11 heteroatoms. The fourth-order valence-electron chi connectivity index (χ4n) is 4.70. The minimum absolute atomic E-state index is 0.0192. The molecule has 1 aliphatic heterocycles. The van der Waals surface area contributed by atoms with Crippen LogP contribution in [0.25, 0.3) is 10.9 Å². The van der Waals surface area contributed by atoms with E-state index in [1.54, 1.807) is 25.6 Å². The van der Waals surface area contributed by atoms with Crippen LogP contribution in [-0.2, 0) is 5.54 Å². The monoisotopic (exact) mass is 489 g/mol. The number of aliphatic imine (C=N–C) groups is 1. The predicted molar refractivity (Wildman–Crippen MR) is 129 cm³/mol. The van der Waals surface area contributed by atoms with Crippen molar-refractivity contribution in [1.82, 2.24) is 9.97 Å². The Morgan fingerprint density at radius 3 is 2.65 bits per heavy atom. The van der Waals surface area contributed by atoms with Crippen LogP contribution in [0.2, 0.25) is 0 Å². The van der Waals surface area contributed by atoms with Gasteiger partial charge >= 0.3 is 0 Å². The highest BCUT2D eigenvalue weighted by Crippen LogP contribution is 2.66. The molecule has 0 radical (unpaired) electrons. The van der Waals surface area contributed by atoms with Gasteiger partial charge in [-0.2, -0.15) is 10.6 Å². The zero-order chi connectivity index (χ0) is 24.1. The van der Waals surface area contributed by atoms with Crippen LogP contribution in [0, 0.1) is 5.82 Å². The van der Waals surface area contributed by atoms with Crippen molar-refractivity contribution in [1.29, 1.82) is 0 Å². The Morgan fingerprint density at radius 2 is 2.00 bits per heavy atom. The lowest BCUT2D eigenvalue weighted by Gasteiger charge is -2.60. The van der Waals surface area contributed by atoms with Crippen molar-refractivity contribution < 1.29 is 22.6 Å². The van der Waals surface area contributed by atoms with Gasteiger partial charge in [-0.05, 0) is 49.6 Å². The number of methoxy groups -OCH3 is 1. The van der Waals surface area contributed by atoms with E-state index in [-0.39, 0.29) is 11.4 Å². The van der Waals surface area contributed by atoms with E-state index in [4.69, 9.17) is 10.5 Å². The number of ether oxygens (including phenoxy) is 1. The minimum Gasteiger partial charge on any atom is -0.495 e. The van der Waals surface area contributed by atoms with Gasteiger partial charge in [0, 0.05) is 22.8 Å². The summed E-state index contributed by atoms with van der Waals surface area (Å²) in [5.41, 5.74) is 5.20. The molecular formula is C23H25F2N5O3S. The maximum atomic E-state index is 15.0. The zero-order valence-corrected chi connectivity index (χ0v) is 19.3. The van der Waals surface area contributed by atoms with E-state index in [9.17, 15) is 13.5 Å². The van der Waals surface area contributed by atoms with Crippen LogP contribution in [0.5, 0.6) is 5.75 Å². The summed E-state index contributed by atoms with van der Waals surface area (Å²) < 4.78 is 55.6. The molecule has 3 aromatic rings. The fourth-order valence-corrected chi connectivity index (χ4v) is 7.26. The molecule has 1 fully saturated rings. The number of hydrogen-bond donors (Lipinski definition) is 4. The van der Waals surface area contributed by atoms with Crippen LogP contribution in [0.3, 0.4) is 0 Å². The van der Waals surface area contributed by atoms with E-state index in [1.165, 1.54) is 18.2 Å². The topological polar surface area (TPSA) is 126 Å². The lowest BCUT2D eigenvalue weighted by Crippen LogP contribution is -2.60. The molecule has 1 aromatic carbocycles. The van der Waals surface area contributed by atoms with Gasteiger partial charge in [0.05, 0.1) is 19.1 Å². The number of aromatic nitrogens is 2. The molecular weight excluding hydrogens is 464 g/mol. The maximum Gasteiger partial charge on any atom is 0.156 e. The Kier molecular flexibility index (Phi) is 5.38. The summed E-state index contributed by atoms with van der Waals surface area (Å²) in [6.45, 7) is -1.13. The van der Waals surface area contributed by atoms with Gasteiger partial charge in [-0.3, -0.25) is 14.1 Å². The molecule has 1 saturated carbocycles. The van der Waals surface area contributed by atoms with E-state index in [2.05, 4.69) is 20.3 Å². The van der Waals surface area contributed by atoms with Crippen molar-refractivity contribution in [3.8, 4) is 5.75 Å². The molecule has 5 rings (SSSR count). The van der Waals surface area contributed by atoms with E-state index in [0.717, 1.165) is 11.8 Å². The fraction of sp³-hybridized carbons (Fsp3) is 0.348. The van der Waals surface area contributed by atoms with Crippen LogP contribution in [0.4, 0.5) is 20.3 Å². The van der Waals surface area contributed by atoms with Crippen molar-refractivity contribution in [3.63, 3.8) is 0 Å². The van der Waals surface area contributed by atoms with E-state index < -0.39 is 39.1 Å². The number of nitrogens with zero attached hydrogens (tertiary/aromatic N) is 3. The standard InChI is InChI=1S/C23H25F2N5O3S/c1-33-16-9-14-5-8-27-20(19(14)28-11-16)29-15-3-4-18(25)17(10-15)22(12-24)13-34(31,32)23(6-2-7-23)21(26)30-22/h3-5,8-11,31-32H,2,6-7,12-13H2,1H3,(H2,26,30)(H,27,29)/t22-/m0/s1. The zero-order valence-electron chi connectivity index (χ0n) is 18.5. The molecule has 2 aliphatic rings. The Labute approximate surface area is 196 Å². The molecule has 3 heterocycles. The second-order valence-electron chi connectivity index (χ2n) is 8.75. The number of nitrogens with two attached hydrogens (primary N) is 1. The number of anilines is 2. The SMILES string of the molecule is COc1cnc2c(Nc3ccc(F)c([C@]4(CF)CS(O)(O)C5(CCC5)C(N)=N4)c3)nccc2c1. The van der Waals surface area contributed by atoms with E-state index in [1.807, 2.05) is 6.07 Å². The van der Waals surface area contributed by atoms with Crippen molar-refractivity contribution in [2.75, 3.05) is 24.9 Å². The number of hydrogen-bond acceptors (Lipinski definition) is 8. The number of benzene rings is 1. The lowest BCUT2D eigenvalue weighted by atomic mass is 9.82. The third kappa shape index (κ3) is 3.38. The van der Waals surface area contributed by atoms with Gasteiger partial charge in [-0.1, -0.05) is 0 Å². The van der Waals surface area contributed by atoms with Crippen LogP contribution in [0.15, 0.2) is 47.7 Å². The molecule has 0 unspecified atom stereocenters. The summed E-state index contributed by atoms with van der Waals surface area (Å²) in [5, 5.41) is 3.88. The summed E-state index contributed by atoms with van der Waals surface area (Å²) in [5.74, 6) is -0.153. The highest BCUT2D eigenvalue weighted by Gasteiger charge is 2.59. The average Bonchev–Trinajstić information content (AvgIpc) is 2.78. The molecule has 180 valence electrons. The Bertz CT molecular complexity index is 1300. The van der Waals surface area contributed by atoms with Crippen LogP contribution < -0.4 is 15.8 Å². The minimum atomic E-state index is -3.34. The van der Waals surface area contributed by atoms with Gasteiger partial charge < -0.3 is 15.8 Å². The largest absolute Gasteiger partial charge is 0.495 e. The Morgan fingerprint density at radius 1 is 1.21 bits per heavy atom. The van der Waals surface area contributed by atoms with Crippen molar-refractivity contribution in [3.05, 3.63) is 54.1 Å².